The van der Waals surface area contributed by atoms with Crippen molar-refractivity contribution >= 4 is 17.4 Å². The number of carbonyl (C=O) groups excluding carboxylic acids is 1. The van der Waals surface area contributed by atoms with Gasteiger partial charge in [-0.2, -0.15) is 0 Å². The van der Waals surface area contributed by atoms with E-state index >= 15 is 0 Å². The van der Waals surface area contributed by atoms with Crippen molar-refractivity contribution in [2.45, 2.75) is 37.6 Å². The summed E-state index contributed by atoms with van der Waals surface area (Å²) in [7, 11) is 3.91. The van der Waals surface area contributed by atoms with E-state index in [0.717, 1.165) is 25.7 Å². The molecule has 0 unspecified atom stereocenters. The Hall–Kier alpha value is -0.930. The van der Waals surface area contributed by atoms with Crippen molar-refractivity contribution in [3.05, 3.63) is 34.6 Å². The van der Waals surface area contributed by atoms with E-state index in [2.05, 4.69) is 0 Å². The quantitative estimate of drug-likeness (QED) is 0.843. The van der Waals surface area contributed by atoms with Gasteiger partial charge in [-0.15, -0.1) is 0 Å². The number of rotatable bonds is 4. The molecule has 0 saturated heterocycles. The van der Waals surface area contributed by atoms with Crippen LogP contribution in [0, 0.1) is 5.82 Å². The van der Waals surface area contributed by atoms with Crippen LogP contribution >= 0.6 is 11.6 Å². The summed E-state index contributed by atoms with van der Waals surface area (Å²) in [5.74, 6) is -0.187. The van der Waals surface area contributed by atoms with Crippen LogP contribution in [-0.4, -0.2) is 30.3 Å². The van der Waals surface area contributed by atoms with Crippen molar-refractivity contribution in [2.24, 2.45) is 0 Å². The van der Waals surface area contributed by atoms with Crippen molar-refractivity contribution in [3.8, 4) is 0 Å². The van der Waals surface area contributed by atoms with E-state index in [1.54, 1.807) is 6.07 Å². The third kappa shape index (κ3) is 2.82. The Morgan fingerprint density at radius 3 is 2.53 bits per heavy atom. The Morgan fingerprint density at radius 2 is 2.00 bits per heavy atom. The molecule has 0 amide bonds. The molecule has 2 rings (SSSR count). The van der Waals surface area contributed by atoms with E-state index in [1.165, 1.54) is 12.1 Å². The third-order valence-corrected chi connectivity index (χ3v) is 4.52. The maximum Gasteiger partial charge on any atom is 0.157 e. The fourth-order valence-corrected chi connectivity index (χ4v) is 3.17. The number of halogens is 2. The number of hydrogen-bond acceptors (Lipinski definition) is 2. The molecule has 1 fully saturated rings. The molecule has 104 valence electrons. The van der Waals surface area contributed by atoms with E-state index in [4.69, 9.17) is 11.6 Å². The highest BCUT2D eigenvalue weighted by Gasteiger charge is 2.42. The largest absolute Gasteiger partial charge is 0.297 e. The number of Topliss-reactive ketones (excluding diaryl/α,β-unsaturated/α-hetero) is 1. The van der Waals surface area contributed by atoms with Crippen LogP contribution in [0.1, 0.15) is 31.2 Å². The number of benzene rings is 1. The van der Waals surface area contributed by atoms with Crippen LogP contribution in [0.15, 0.2) is 18.2 Å². The Labute approximate surface area is 118 Å². The maximum absolute atomic E-state index is 13.0. The van der Waals surface area contributed by atoms with Gasteiger partial charge in [0, 0.05) is 11.4 Å². The normalized spacial score (nSPS) is 17.9. The van der Waals surface area contributed by atoms with E-state index in [-0.39, 0.29) is 23.6 Å². The highest BCUT2D eigenvalue weighted by molar-refractivity contribution is 6.31. The fraction of sp³-hybridized carbons (Fsp3) is 0.533. The topological polar surface area (TPSA) is 20.3 Å². The van der Waals surface area contributed by atoms with Crippen molar-refractivity contribution in [1.29, 1.82) is 0 Å². The molecular formula is C15H19ClFNO. The molecular weight excluding hydrogens is 265 g/mol. The summed E-state index contributed by atoms with van der Waals surface area (Å²) in [6.07, 6.45) is 4.24. The summed E-state index contributed by atoms with van der Waals surface area (Å²) in [4.78, 5) is 14.6. The van der Waals surface area contributed by atoms with Gasteiger partial charge in [0.15, 0.2) is 5.78 Å². The summed E-state index contributed by atoms with van der Waals surface area (Å²) < 4.78 is 13.0. The molecule has 0 bridgehead atoms. The average Bonchev–Trinajstić information content (AvgIpc) is 2.83. The minimum absolute atomic E-state index is 0.184. The van der Waals surface area contributed by atoms with Crippen LogP contribution < -0.4 is 0 Å². The van der Waals surface area contributed by atoms with Gasteiger partial charge in [0.25, 0.3) is 0 Å². The Balaban J connectivity index is 2.20. The molecule has 0 radical (unpaired) electrons. The molecule has 1 saturated carbocycles. The monoisotopic (exact) mass is 283 g/mol. The molecule has 0 atom stereocenters. The van der Waals surface area contributed by atoms with Gasteiger partial charge in [-0.05, 0) is 44.6 Å². The van der Waals surface area contributed by atoms with E-state index in [1.807, 2.05) is 19.0 Å². The smallest absolute Gasteiger partial charge is 0.157 e. The summed E-state index contributed by atoms with van der Waals surface area (Å²) in [6.45, 7) is 0. The number of ketones is 1. The van der Waals surface area contributed by atoms with Gasteiger partial charge in [-0.25, -0.2) is 4.39 Å². The minimum Gasteiger partial charge on any atom is -0.297 e. The van der Waals surface area contributed by atoms with Crippen LogP contribution in [0.3, 0.4) is 0 Å². The van der Waals surface area contributed by atoms with Crippen LogP contribution in [0.2, 0.25) is 5.02 Å². The first kappa shape index (κ1) is 14.5. The Kier molecular flexibility index (Phi) is 4.26. The molecule has 0 heterocycles. The summed E-state index contributed by atoms with van der Waals surface area (Å²) in [6, 6.07) is 4.22. The van der Waals surface area contributed by atoms with Gasteiger partial charge in [-0.1, -0.05) is 30.5 Å². The zero-order chi connectivity index (χ0) is 14.0. The lowest BCUT2D eigenvalue weighted by molar-refractivity contribution is -0.128. The molecule has 19 heavy (non-hydrogen) atoms. The van der Waals surface area contributed by atoms with Crippen molar-refractivity contribution in [1.82, 2.24) is 4.90 Å². The number of hydrogen-bond donors (Lipinski definition) is 0. The summed E-state index contributed by atoms with van der Waals surface area (Å²) in [5.41, 5.74) is 0.346. The summed E-state index contributed by atoms with van der Waals surface area (Å²) >= 11 is 6.00. The lowest BCUT2D eigenvalue weighted by Gasteiger charge is -2.34. The summed E-state index contributed by atoms with van der Waals surface area (Å²) in [5, 5.41) is 0.334. The van der Waals surface area contributed by atoms with Crippen molar-refractivity contribution in [2.75, 3.05) is 14.1 Å². The molecule has 4 heteroatoms. The molecule has 1 aliphatic carbocycles. The van der Waals surface area contributed by atoms with E-state index in [9.17, 15) is 9.18 Å². The molecule has 0 spiro atoms. The first-order valence-electron chi connectivity index (χ1n) is 6.60. The second kappa shape index (κ2) is 5.59. The highest BCUT2D eigenvalue weighted by atomic mass is 35.5. The van der Waals surface area contributed by atoms with Gasteiger partial charge < -0.3 is 0 Å². The molecule has 0 aliphatic heterocycles. The Bertz CT molecular complexity index is 481. The second-order valence-corrected chi connectivity index (χ2v) is 5.88. The number of nitrogens with zero attached hydrogens (tertiary/aromatic N) is 1. The van der Waals surface area contributed by atoms with E-state index < -0.39 is 0 Å². The van der Waals surface area contributed by atoms with Crippen molar-refractivity contribution in [3.63, 3.8) is 0 Å². The molecule has 0 aromatic heterocycles. The average molecular weight is 284 g/mol. The number of likely N-dealkylation sites (N-methyl/N-ethyl adjacent to an activating group) is 1. The molecule has 0 N–H and O–H groups in total. The minimum atomic E-state index is -0.371. The fourth-order valence-electron chi connectivity index (χ4n) is 2.94. The zero-order valence-electron chi connectivity index (χ0n) is 11.4. The predicted octanol–water partition coefficient (Wildman–Crippen LogP) is 3.47. The van der Waals surface area contributed by atoms with Gasteiger partial charge in [0.1, 0.15) is 5.82 Å². The van der Waals surface area contributed by atoms with Crippen molar-refractivity contribution < 1.29 is 9.18 Å². The maximum atomic E-state index is 13.0. The Morgan fingerprint density at radius 1 is 1.37 bits per heavy atom. The first-order chi connectivity index (χ1) is 8.95. The molecule has 1 aromatic carbocycles. The lowest BCUT2D eigenvalue weighted by Crippen LogP contribution is -2.49. The first-order valence-corrected chi connectivity index (χ1v) is 6.98. The third-order valence-electron chi connectivity index (χ3n) is 4.17. The van der Waals surface area contributed by atoms with E-state index in [0.29, 0.717) is 10.6 Å². The number of carbonyl (C=O) groups is 1. The molecule has 1 aromatic rings. The standard InChI is InChI=1S/C15H19ClFNO/c1-18(2)15(7-3-4-8-15)14(19)9-11-5-6-12(17)10-13(11)16/h5-6,10H,3-4,7-9H2,1-2H3. The highest BCUT2D eigenvalue weighted by Crippen LogP contribution is 2.36. The predicted molar refractivity (Wildman–Crippen MR) is 75.0 cm³/mol. The SMILES string of the molecule is CN(C)C1(C(=O)Cc2ccc(F)cc2Cl)CCCC1. The molecule has 1 aliphatic rings. The zero-order valence-corrected chi connectivity index (χ0v) is 12.1. The van der Waals surface area contributed by atoms with Gasteiger partial charge in [0.05, 0.1) is 5.54 Å². The lowest BCUT2D eigenvalue weighted by atomic mass is 9.87. The van der Waals surface area contributed by atoms with Crippen LogP contribution in [-0.2, 0) is 11.2 Å². The second-order valence-electron chi connectivity index (χ2n) is 5.47. The van der Waals surface area contributed by atoms with Crippen LogP contribution in [0.5, 0.6) is 0 Å². The van der Waals surface area contributed by atoms with Gasteiger partial charge in [-0.3, -0.25) is 9.69 Å². The molecule has 2 nitrogen and oxygen atoms in total. The van der Waals surface area contributed by atoms with Crippen LogP contribution in [0.4, 0.5) is 4.39 Å². The van der Waals surface area contributed by atoms with Gasteiger partial charge >= 0.3 is 0 Å². The van der Waals surface area contributed by atoms with Crippen LogP contribution in [0.25, 0.3) is 0 Å². The van der Waals surface area contributed by atoms with Gasteiger partial charge in [0.2, 0.25) is 0 Å².